The summed E-state index contributed by atoms with van der Waals surface area (Å²) in [4.78, 5) is 4.08. The smallest absolute Gasteiger partial charge is 0.122 e. The molecule has 4 nitrogen and oxygen atoms in total. The van der Waals surface area contributed by atoms with Crippen LogP contribution in [0, 0.1) is 0 Å². The molecule has 17 heavy (non-hydrogen) atoms. The van der Waals surface area contributed by atoms with Gasteiger partial charge in [-0.2, -0.15) is 0 Å². The maximum atomic E-state index is 5.68. The van der Waals surface area contributed by atoms with Crippen molar-refractivity contribution in [2.45, 2.75) is 12.3 Å². The van der Waals surface area contributed by atoms with Crippen LogP contribution in [-0.2, 0) is 15.4 Å². The van der Waals surface area contributed by atoms with E-state index < -0.39 is 0 Å². The van der Waals surface area contributed by atoms with E-state index in [2.05, 4.69) is 4.98 Å². The largest absolute Gasteiger partial charge is 0.491 e. The Labute approximate surface area is 107 Å². The summed E-state index contributed by atoms with van der Waals surface area (Å²) in [5, 5.41) is 0. The SMILES string of the molecule is COCCCOCCOc1ccnc(CCl)c1. The van der Waals surface area contributed by atoms with Crippen LogP contribution in [0.3, 0.4) is 0 Å². The second-order valence-electron chi connectivity index (χ2n) is 3.42. The number of pyridine rings is 1. The zero-order valence-electron chi connectivity index (χ0n) is 10.0. The van der Waals surface area contributed by atoms with Crippen molar-refractivity contribution in [2.75, 3.05) is 33.5 Å². The van der Waals surface area contributed by atoms with E-state index in [1.54, 1.807) is 19.4 Å². The molecule has 1 aromatic rings. The number of hydrogen-bond donors (Lipinski definition) is 0. The Balaban J connectivity index is 2.09. The van der Waals surface area contributed by atoms with Crippen LogP contribution in [0.25, 0.3) is 0 Å². The van der Waals surface area contributed by atoms with Gasteiger partial charge in [0.25, 0.3) is 0 Å². The van der Waals surface area contributed by atoms with Gasteiger partial charge in [-0.05, 0) is 12.5 Å². The lowest BCUT2D eigenvalue weighted by molar-refractivity contribution is 0.0806. The van der Waals surface area contributed by atoms with Crippen molar-refractivity contribution in [2.24, 2.45) is 0 Å². The van der Waals surface area contributed by atoms with Crippen LogP contribution in [0.15, 0.2) is 18.3 Å². The number of nitrogens with zero attached hydrogens (tertiary/aromatic N) is 1. The van der Waals surface area contributed by atoms with E-state index in [1.807, 2.05) is 6.07 Å². The maximum Gasteiger partial charge on any atom is 0.122 e. The number of hydrogen-bond acceptors (Lipinski definition) is 4. The molecule has 0 aromatic carbocycles. The van der Waals surface area contributed by atoms with Crippen LogP contribution < -0.4 is 4.74 Å². The van der Waals surface area contributed by atoms with Gasteiger partial charge >= 0.3 is 0 Å². The topological polar surface area (TPSA) is 40.6 Å². The predicted octanol–water partition coefficient (Wildman–Crippen LogP) is 2.25. The first-order valence-electron chi connectivity index (χ1n) is 5.57. The Bertz CT molecular complexity index is 310. The van der Waals surface area contributed by atoms with E-state index in [0.717, 1.165) is 24.5 Å². The predicted molar refractivity (Wildman–Crippen MR) is 66.6 cm³/mol. The van der Waals surface area contributed by atoms with Gasteiger partial charge in [0.05, 0.1) is 18.2 Å². The summed E-state index contributed by atoms with van der Waals surface area (Å²) in [6.45, 7) is 2.52. The Kier molecular flexibility index (Phi) is 7.71. The van der Waals surface area contributed by atoms with Gasteiger partial charge in [0, 0.05) is 32.6 Å². The van der Waals surface area contributed by atoms with E-state index in [0.29, 0.717) is 25.7 Å². The standard InChI is InChI=1S/C12H18ClNO3/c1-15-5-2-6-16-7-8-17-12-3-4-14-11(9-12)10-13/h3-4,9H,2,5-8,10H2,1H3. The first kappa shape index (κ1) is 14.2. The molecule has 0 bridgehead atoms. The average Bonchev–Trinajstić information content (AvgIpc) is 2.38. The molecule has 0 saturated heterocycles. The van der Waals surface area contributed by atoms with Crippen LogP contribution in [0.1, 0.15) is 12.1 Å². The van der Waals surface area contributed by atoms with Crippen LogP contribution in [0.4, 0.5) is 0 Å². The minimum atomic E-state index is 0.394. The Morgan fingerprint density at radius 2 is 2.12 bits per heavy atom. The number of aromatic nitrogens is 1. The molecule has 0 spiro atoms. The number of methoxy groups -OCH3 is 1. The maximum absolute atomic E-state index is 5.68. The first-order chi connectivity index (χ1) is 8.36. The molecule has 1 heterocycles. The van der Waals surface area contributed by atoms with E-state index in [9.17, 15) is 0 Å². The van der Waals surface area contributed by atoms with E-state index in [4.69, 9.17) is 25.8 Å². The Hall–Kier alpha value is -0.840. The molecule has 0 aliphatic carbocycles. The van der Waals surface area contributed by atoms with Crippen LogP contribution in [-0.4, -0.2) is 38.5 Å². The monoisotopic (exact) mass is 259 g/mol. The fraction of sp³-hybridized carbons (Fsp3) is 0.583. The molecule has 5 heteroatoms. The lowest BCUT2D eigenvalue weighted by Crippen LogP contribution is -2.08. The average molecular weight is 260 g/mol. The Morgan fingerprint density at radius 3 is 2.88 bits per heavy atom. The highest BCUT2D eigenvalue weighted by atomic mass is 35.5. The third-order valence-electron chi connectivity index (χ3n) is 2.06. The minimum Gasteiger partial charge on any atom is -0.491 e. The van der Waals surface area contributed by atoms with Gasteiger partial charge in [0.1, 0.15) is 12.4 Å². The van der Waals surface area contributed by atoms with Gasteiger partial charge in [-0.15, -0.1) is 11.6 Å². The van der Waals surface area contributed by atoms with Crippen LogP contribution in [0.5, 0.6) is 5.75 Å². The number of halogens is 1. The van der Waals surface area contributed by atoms with E-state index in [-0.39, 0.29) is 0 Å². The third kappa shape index (κ3) is 6.46. The third-order valence-corrected chi connectivity index (χ3v) is 2.33. The molecule has 0 aliphatic rings. The fourth-order valence-corrected chi connectivity index (χ4v) is 1.39. The summed E-state index contributed by atoms with van der Waals surface area (Å²) in [6, 6.07) is 3.64. The van der Waals surface area contributed by atoms with E-state index in [1.165, 1.54) is 0 Å². The van der Waals surface area contributed by atoms with Crippen molar-refractivity contribution < 1.29 is 14.2 Å². The number of ether oxygens (including phenoxy) is 3. The molecule has 0 unspecified atom stereocenters. The van der Waals surface area contributed by atoms with Crippen molar-refractivity contribution in [1.82, 2.24) is 4.98 Å². The highest BCUT2D eigenvalue weighted by Crippen LogP contribution is 2.11. The van der Waals surface area contributed by atoms with Crippen molar-refractivity contribution in [3.8, 4) is 5.75 Å². The molecule has 0 saturated carbocycles. The summed E-state index contributed by atoms with van der Waals surface area (Å²) in [7, 11) is 1.68. The molecule has 0 amide bonds. The normalized spacial score (nSPS) is 10.5. The quantitative estimate of drug-likeness (QED) is 0.504. The van der Waals surface area contributed by atoms with Gasteiger partial charge in [0.15, 0.2) is 0 Å². The lowest BCUT2D eigenvalue weighted by Gasteiger charge is -2.07. The van der Waals surface area contributed by atoms with Gasteiger partial charge in [0.2, 0.25) is 0 Å². The lowest BCUT2D eigenvalue weighted by atomic mass is 10.3. The molecule has 1 aromatic heterocycles. The van der Waals surface area contributed by atoms with Gasteiger partial charge in [-0.1, -0.05) is 0 Å². The summed E-state index contributed by atoms with van der Waals surface area (Å²) in [6.07, 6.45) is 2.59. The molecule has 0 atom stereocenters. The summed E-state index contributed by atoms with van der Waals surface area (Å²) in [5.41, 5.74) is 0.810. The molecule has 1 rings (SSSR count). The summed E-state index contributed by atoms with van der Waals surface area (Å²) >= 11 is 5.68. The molecule has 0 N–H and O–H groups in total. The van der Waals surface area contributed by atoms with Crippen molar-refractivity contribution in [3.63, 3.8) is 0 Å². The van der Waals surface area contributed by atoms with Gasteiger partial charge in [-0.3, -0.25) is 4.98 Å². The number of alkyl halides is 1. The molecular formula is C12H18ClNO3. The second-order valence-corrected chi connectivity index (χ2v) is 3.69. The minimum absolute atomic E-state index is 0.394. The second kappa shape index (κ2) is 9.22. The molecule has 0 aliphatic heterocycles. The first-order valence-corrected chi connectivity index (χ1v) is 6.10. The van der Waals surface area contributed by atoms with Crippen molar-refractivity contribution in [3.05, 3.63) is 24.0 Å². The Morgan fingerprint density at radius 1 is 1.24 bits per heavy atom. The van der Waals surface area contributed by atoms with E-state index >= 15 is 0 Å². The van der Waals surface area contributed by atoms with Crippen molar-refractivity contribution >= 4 is 11.6 Å². The number of rotatable bonds is 9. The van der Waals surface area contributed by atoms with Crippen LogP contribution >= 0.6 is 11.6 Å². The zero-order chi connectivity index (χ0) is 12.3. The molecule has 0 radical (unpaired) electrons. The highest BCUT2D eigenvalue weighted by Gasteiger charge is 1.97. The van der Waals surface area contributed by atoms with Gasteiger partial charge in [-0.25, -0.2) is 0 Å². The molecular weight excluding hydrogens is 242 g/mol. The summed E-state index contributed by atoms with van der Waals surface area (Å²) in [5.74, 6) is 1.17. The zero-order valence-corrected chi connectivity index (χ0v) is 10.8. The van der Waals surface area contributed by atoms with Gasteiger partial charge < -0.3 is 14.2 Å². The highest BCUT2D eigenvalue weighted by molar-refractivity contribution is 6.16. The van der Waals surface area contributed by atoms with Crippen molar-refractivity contribution in [1.29, 1.82) is 0 Å². The van der Waals surface area contributed by atoms with Crippen LogP contribution in [0.2, 0.25) is 0 Å². The molecule has 96 valence electrons. The molecule has 0 fully saturated rings. The fourth-order valence-electron chi connectivity index (χ4n) is 1.24. The summed E-state index contributed by atoms with van der Waals surface area (Å²) < 4.78 is 15.8.